The summed E-state index contributed by atoms with van der Waals surface area (Å²) in [7, 11) is 1.87. The van der Waals surface area contributed by atoms with Gasteiger partial charge in [0.1, 0.15) is 5.75 Å². The minimum atomic E-state index is 0.634. The van der Waals surface area contributed by atoms with Crippen molar-refractivity contribution in [3.63, 3.8) is 0 Å². The Morgan fingerprint density at radius 1 is 1.13 bits per heavy atom. The maximum absolute atomic E-state index is 5.73. The van der Waals surface area contributed by atoms with Gasteiger partial charge in [-0.2, -0.15) is 0 Å². The van der Waals surface area contributed by atoms with Crippen LogP contribution in [0, 0.1) is 13.8 Å². The van der Waals surface area contributed by atoms with Crippen LogP contribution in [0.4, 0.5) is 0 Å². The van der Waals surface area contributed by atoms with Gasteiger partial charge in [0.15, 0.2) is 0 Å². The lowest BCUT2D eigenvalue weighted by Crippen LogP contribution is -1.93. The average Bonchev–Trinajstić information content (AvgIpc) is 2.58. The number of aromatic nitrogens is 2. The molecule has 15 heavy (non-hydrogen) atoms. The smallest absolute Gasteiger partial charge is 0.238 e. The number of para-hydroxylation sites is 1. The molecule has 2 rings (SSSR count). The monoisotopic (exact) mass is 202 g/mol. The molecule has 0 radical (unpaired) electrons. The molecule has 0 saturated carbocycles. The van der Waals surface area contributed by atoms with E-state index < -0.39 is 0 Å². The van der Waals surface area contributed by atoms with Crippen LogP contribution >= 0.6 is 0 Å². The zero-order chi connectivity index (χ0) is 10.8. The molecule has 0 saturated heterocycles. The Kier molecular flexibility index (Phi) is 2.46. The van der Waals surface area contributed by atoms with Crippen molar-refractivity contribution in [3.8, 4) is 11.6 Å². The molecule has 0 aliphatic carbocycles. The summed E-state index contributed by atoms with van der Waals surface area (Å²) in [5, 5.41) is 4.18. The first-order chi connectivity index (χ1) is 7.16. The second-order valence-electron chi connectivity index (χ2n) is 3.65. The first kappa shape index (κ1) is 9.77. The Morgan fingerprint density at radius 3 is 2.33 bits per heavy atom. The number of ether oxygens (including phenoxy) is 1. The highest BCUT2D eigenvalue weighted by Crippen LogP contribution is 2.26. The van der Waals surface area contributed by atoms with Crippen LogP contribution in [-0.2, 0) is 7.05 Å². The molecule has 0 aliphatic rings. The van der Waals surface area contributed by atoms with Crippen LogP contribution in [0.15, 0.2) is 30.5 Å². The molecule has 3 nitrogen and oxygen atoms in total. The SMILES string of the molecule is Cc1cccc(C)c1Oc1ccn(C)n1. The molecular formula is C12H14N2O. The van der Waals surface area contributed by atoms with Crippen LogP contribution in [0.5, 0.6) is 11.6 Å². The first-order valence-corrected chi connectivity index (χ1v) is 4.90. The van der Waals surface area contributed by atoms with E-state index in [1.165, 1.54) is 0 Å². The standard InChI is InChI=1S/C12H14N2O/c1-9-5-4-6-10(2)12(9)15-11-7-8-14(3)13-11/h4-8H,1-3H3. The van der Waals surface area contributed by atoms with E-state index in [0.29, 0.717) is 5.88 Å². The van der Waals surface area contributed by atoms with Crippen LogP contribution in [0.3, 0.4) is 0 Å². The van der Waals surface area contributed by atoms with Crippen molar-refractivity contribution in [1.29, 1.82) is 0 Å². The van der Waals surface area contributed by atoms with Crippen molar-refractivity contribution in [1.82, 2.24) is 9.78 Å². The van der Waals surface area contributed by atoms with Gasteiger partial charge >= 0.3 is 0 Å². The fraction of sp³-hybridized carbons (Fsp3) is 0.250. The van der Waals surface area contributed by atoms with Crippen LogP contribution in [0.25, 0.3) is 0 Å². The lowest BCUT2D eigenvalue weighted by atomic mass is 10.1. The summed E-state index contributed by atoms with van der Waals surface area (Å²) in [6.07, 6.45) is 1.86. The molecule has 1 aromatic carbocycles. The summed E-state index contributed by atoms with van der Waals surface area (Å²) in [5.74, 6) is 1.53. The molecule has 0 spiro atoms. The Hall–Kier alpha value is -1.77. The third-order valence-corrected chi connectivity index (χ3v) is 2.30. The minimum absolute atomic E-state index is 0.634. The summed E-state index contributed by atoms with van der Waals surface area (Å²) >= 11 is 0. The van der Waals surface area contributed by atoms with E-state index in [9.17, 15) is 0 Å². The fourth-order valence-corrected chi connectivity index (χ4v) is 1.51. The van der Waals surface area contributed by atoms with Crippen molar-refractivity contribution in [2.75, 3.05) is 0 Å². The third kappa shape index (κ3) is 2.01. The largest absolute Gasteiger partial charge is 0.437 e. The Balaban J connectivity index is 2.31. The van der Waals surface area contributed by atoms with E-state index in [1.807, 2.05) is 51.4 Å². The van der Waals surface area contributed by atoms with Gasteiger partial charge in [-0.25, -0.2) is 0 Å². The van der Waals surface area contributed by atoms with E-state index in [-0.39, 0.29) is 0 Å². The third-order valence-electron chi connectivity index (χ3n) is 2.30. The van der Waals surface area contributed by atoms with Crippen LogP contribution in [0.2, 0.25) is 0 Å². The van der Waals surface area contributed by atoms with Gasteiger partial charge in [-0.15, -0.1) is 5.10 Å². The van der Waals surface area contributed by atoms with E-state index in [4.69, 9.17) is 4.74 Å². The predicted molar refractivity (Wildman–Crippen MR) is 59.2 cm³/mol. The molecule has 1 aromatic heterocycles. The lowest BCUT2D eigenvalue weighted by Gasteiger charge is -2.08. The summed E-state index contributed by atoms with van der Waals surface area (Å²) in [6, 6.07) is 7.94. The zero-order valence-electron chi connectivity index (χ0n) is 9.19. The molecule has 0 fully saturated rings. The van der Waals surface area contributed by atoms with Gasteiger partial charge in [-0.05, 0) is 25.0 Å². The fourth-order valence-electron chi connectivity index (χ4n) is 1.51. The molecular weight excluding hydrogens is 188 g/mol. The Bertz CT molecular complexity index is 454. The molecule has 0 aliphatic heterocycles. The van der Waals surface area contributed by atoms with Crippen molar-refractivity contribution >= 4 is 0 Å². The Labute approximate surface area is 89.3 Å². The van der Waals surface area contributed by atoms with Crippen molar-refractivity contribution in [2.24, 2.45) is 7.05 Å². The molecule has 0 bridgehead atoms. The van der Waals surface area contributed by atoms with Crippen molar-refractivity contribution < 1.29 is 4.74 Å². The lowest BCUT2D eigenvalue weighted by molar-refractivity contribution is 0.447. The molecule has 78 valence electrons. The molecule has 0 N–H and O–H groups in total. The molecule has 3 heteroatoms. The number of nitrogens with zero attached hydrogens (tertiary/aromatic N) is 2. The zero-order valence-corrected chi connectivity index (χ0v) is 9.19. The van der Waals surface area contributed by atoms with E-state index >= 15 is 0 Å². The normalized spacial score (nSPS) is 10.3. The van der Waals surface area contributed by atoms with E-state index in [1.54, 1.807) is 4.68 Å². The molecule has 0 unspecified atom stereocenters. The second-order valence-corrected chi connectivity index (χ2v) is 3.65. The number of hydrogen-bond acceptors (Lipinski definition) is 2. The quantitative estimate of drug-likeness (QED) is 0.748. The van der Waals surface area contributed by atoms with E-state index in [2.05, 4.69) is 5.10 Å². The molecule has 2 aromatic rings. The molecule has 1 heterocycles. The molecule has 0 amide bonds. The highest BCUT2D eigenvalue weighted by molar-refractivity contribution is 5.41. The van der Waals surface area contributed by atoms with Crippen molar-refractivity contribution in [2.45, 2.75) is 13.8 Å². The summed E-state index contributed by atoms with van der Waals surface area (Å²) in [4.78, 5) is 0. The van der Waals surface area contributed by atoms with Gasteiger partial charge in [-0.1, -0.05) is 18.2 Å². The number of benzene rings is 1. The minimum Gasteiger partial charge on any atom is -0.437 e. The summed E-state index contributed by atoms with van der Waals surface area (Å²) < 4.78 is 7.45. The second kappa shape index (κ2) is 3.77. The number of aryl methyl sites for hydroxylation is 3. The average molecular weight is 202 g/mol. The van der Waals surface area contributed by atoms with Gasteiger partial charge < -0.3 is 4.74 Å². The highest BCUT2D eigenvalue weighted by Gasteiger charge is 2.05. The maximum atomic E-state index is 5.73. The van der Waals surface area contributed by atoms with Crippen LogP contribution in [-0.4, -0.2) is 9.78 Å². The number of rotatable bonds is 2. The maximum Gasteiger partial charge on any atom is 0.238 e. The summed E-state index contributed by atoms with van der Waals surface area (Å²) in [6.45, 7) is 4.07. The Morgan fingerprint density at radius 2 is 1.80 bits per heavy atom. The highest BCUT2D eigenvalue weighted by atomic mass is 16.5. The van der Waals surface area contributed by atoms with Gasteiger partial charge in [0, 0.05) is 19.3 Å². The summed E-state index contributed by atoms with van der Waals surface area (Å²) in [5.41, 5.74) is 2.25. The van der Waals surface area contributed by atoms with E-state index in [0.717, 1.165) is 16.9 Å². The van der Waals surface area contributed by atoms with Crippen LogP contribution in [0.1, 0.15) is 11.1 Å². The van der Waals surface area contributed by atoms with Gasteiger partial charge in [0.25, 0.3) is 0 Å². The topological polar surface area (TPSA) is 27.1 Å². The number of hydrogen-bond donors (Lipinski definition) is 0. The van der Waals surface area contributed by atoms with Gasteiger partial charge in [0.05, 0.1) is 0 Å². The van der Waals surface area contributed by atoms with Gasteiger partial charge in [-0.3, -0.25) is 4.68 Å². The first-order valence-electron chi connectivity index (χ1n) is 4.90. The molecule has 0 atom stereocenters. The predicted octanol–water partition coefficient (Wildman–Crippen LogP) is 2.83. The van der Waals surface area contributed by atoms with Crippen LogP contribution < -0.4 is 4.74 Å². The van der Waals surface area contributed by atoms with Crippen molar-refractivity contribution in [3.05, 3.63) is 41.6 Å². The van der Waals surface area contributed by atoms with Gasteiger partial charge in [0.2, 0.25) is 5.88 Å².